The van der Waals surface area contributed by atoms with Gasteiger partial charge in [0.25, 0.3) is 0 Å². The zero-order chi connectivity index (χ0) is 21.3. The van der Waals surface area contributed by atoms with Crippen LogP contribution in [0, 0.1) is 0 Å². The van der Waals surface area contributed by atoms with Crippen molar-refractivity contribution in [2.45, 2.75) is 43.8 Å². The van der Waals surface area contributed by atoms with Crippen LogP contribution in [0.25, 0.3) is 32.5 Å². The van der Waals surface area contributed by atoms with Crippen LogP contribution in [0.15, 0.2) is 24.5 Å². The van der Waals surface area contributed by atoms with E-state index in [1.807, 2.05) is 43.5 Å². The van der Waals surface area contributed by atoms with Crippen molar-refractivity contribution in [1.29, 1.82) is 0 Å². The molecule has 5 heterocycles. The lowest BCUT2D eigenvalue weighted by Gasteiger charge is -2.38. The molecule has 3 N–H and O–H groups in total. The Bertz CT molecular complexity index is 1280. The summed E-state index contributed by atoms with van der Waals surface area (Å²) in [6.45, 7) is 0. The van der Waals surface area contributed by atoms with Crippen LogP contribution in [0.5, 0.6) is 0 Å². The van der Waals surface area contributed by atoms with Gasteiger partial charge in [-0.15, -0.1) is 0 Å². The lowest BCUT2D eigenvalue weighted by atomic mass is 9.98. The number of fused-ring (bicyclic) bond motifs is 4. The molecule has 3 aromatic heterocycles. The standard InChI is InChI=1S/C22H24ClN7S/c1-29(2)22-27-16-6-5-14(18(23)20(16)31-22)15-9-26-21-19(15)25-10-17(28-21)30-12-3-4-13(30)8-11(24)7-12/h5-6,9-13H,3-4,7-8,24H2,1-2H3,(H,26,28)/t11-,12+,13-. The van der Waals surface area contributed by atoms with Crippen molar-refractivity contribution >= 4 is 55.3 Å². The van der Waals surface area contributed by atoms with E-state index >= 15 is 0 Å². The van der Waals surface area contributed by atoms with Crippen LogP contribution in [0.1, 0.15) is 25.7 Å². The summed E-state index contributed by atoms with van der Waals surface area (Å²) in [5, 5.41) is 1.64. The highest BCUT2D eigenvalue weighted by Crippen LogP contribution is 2.42. The van der Waals surface area contributed by atoms with E-state index in [1.54, 1.807) is 11.3 Å². The van der Waals surface area contributed by atoms with Crippen LogP contribution >= 0.6 is 22.9 Å². The van der Waals surface area contributed by atoms with Crippen molar-refractivity contribution < 1.29 is 0 Å². The Labute approximate surface area is 189 Å². The molecular weight excluding hydrogens is 430 g/mol. The van der Waals surface area contributed by atoms with Crippen LogP contribution in [-0.2, 0) is 0 Å². The number of nitrogens with two attached hydrogens (primary N) is 1. The molecule has 2 aliphatic heterocycles. The quantitative estimate of drug-likeness (QED) is 0.477. The SMILES string of the molecule is CN(C)c1nc2ccc(-c3c[nH]c4nc(N5[C@@H]6CC[C@H]5C[C@@H](N)C6)cnc34)c(Cl)c2s1. The van der Waals surface area contributed by atoms with Crippen molar-refractivity contribution in [2.75, 3.05) is 23.9 Å². The number of H-pyrrole nitrogens is 1. The minimum absolute atomic E-state index is 0.305. The normalized spacial score (nSPS) is 23.2. The number of aromatic nitrogens is 4. The van der Waals surface area contributed by atoms with Gasteiger partial charge in [0.1, 0.15) is 11.3 Å². The number of hydrogen-bond acceptors (Lipinski definition) is 7. The van der Waals surface area contributed by atoms with Gasteiger partial charge in [0.15, 0.2) is 10.8 Å². The largest absolute Gasteiger partial charge is 0.354 e. The van der Waals surface area contributed by atoms with E-state index in [1.165, 1.54) is 12.8 Å². The van der Waals surface area contributed by atoms with Gasteiger partial charge in [-0.2, -0.15) is 0 Å². The molecule has 0 amide bonds. The molecule has 2 saturated heterocycles. The Morgan fingerprint density at radius 2 is 1.94 bits per heavy atom. The second-order valence-corrected chi connectivity index (χ2v) is 10.2. The highest BCUT2D eigenvalue weighted by molar-refractivity contribution is 7.22. The number of halogens is 1. The fourth-order valence-corrected chi connectivity index (χ4v) is 6.46. The summed E-state index contributed by atoms with van der Waals surface area (Å²) in [6, 6.07) is 5.30. The highest BCUT2D eigenvalue weighted by atomic mass is 35.5. The number of hydrogen-bond donors (Lipinski definition) is 2. The fourth-order valence-electron chi connectivity index (χ4n) is 5.16. The van der Waals surface area contributed by atoms with Crippen LogP contribution in [0.4, 0.5) is 10.9 Å². The van der Waals surface area contributed by atoms with Gasteiger partial charge in [-0.3, -0.25) is 0 Å². The summed E-state index contributed by atoms with van der Waals surface area (Å²) < 4.78 is 0.989. The maximum absolute atomic E-state index is 6.83. The molecule has 0 saturated carbocycles. The zero-order valence-corrected chi connectivity index (χ0v) is 19.0. The number of aromatic amines is 1. The number of anilines is 2. The Morgan fingerprint density at radius 3 is 2.68 bits per heavy atom. The van der Waals surface area contributed by atoms with Gasteiger partial charge in [0.05, 0.1) is 21.4 Å². The molecule has 0 spiro atoms. The second-order valence-electron chi connectivity index (χ2n) is 8.82. The summed E-state index contributed by atoms with van der Waals surface area (Å²) in [5.41, 5.74) is 10.7. The number of thiazole rings is 1. The molecule has 2 fully saturated rings. The molecule has 0 aliphatic carbocycles. The lowest BCUT2D eigenvalue weighted by Crippen LogP contribution is -2.47. The average Bonchev–Trinajstić information content (AvgIpc) is 3.43. The molecule has 3 atom stereocenters. The first-order chi connectivity index (χ1) is 15.0. The first-order valence-electron chi connectivity index (χ1n) is 10.6. The van der Waals surface area contributed by atoms with Crippen molar-refractivity contribution in [3.8, 4) is 11.1 Å². The van der Waals surface area contributed by atoms with Gasteiger partial charge >= 0.3 is 0 Å². The molecule has 4 aromatic rings. The van der Waals surface area contributed by atoms with Gasteiger partial charge in [-0.05, 0) is 31.7 Å². The molecule has 2 bridgehead atoms. The third-order valence-corrected chi connectivity index (χ3v) is 8.32. The third-order valence-electron chi connectivity index (χ3n) is 6.56. The maximum Gasteiger partial charge on any atom is 0.185 e. The Kier molecular flexibility index (Phi) is 4.38. The summed E-state index contributed by atoms with van der Waals surface area (Å²) in [5.74, 6) is 0.944. The van der Waals surface area contributed by atoms with Crippen LogP contribution < -0.4 is 15.5 Å². The van der Waals surface area contributed by atoms with Crippen molar-refractivity contribution in [2.24, 2.45) is 5.73 Å². The van der Waals surface area contributed by atoms with Gasteiger partial charge in [-0.1, -0.05) is 29.0 Å². The fraction of sp³-hybridized carbons (Fsp3) is 0.409. The summed E-state index contributed by atoms with van der Waals surface area (Å²) in [7, 11) is 3.98. The van der Waals surface area contributed by atoms with Crippen molar-refractivity contribution in [1.82, 2.24) is 19.9 Å². The Morgan fingerprint density at radius 1 is 1.16 bits per heavy atom. The van der Waals surface area contributed by atoms with E-state index < -0.39 is 0 Å². The van der Waals surface area contributed by atoms with Crippen LogP contribution in [0.2, 0.25) is 5.02 Å². The predicted octanol–water partition coefficient (Wildman–Crippen LogP) is 4.41. The van der Waals surface area contributed by atoms with Gasteiger partial charge in [0, 0.05) is 49.5 Å². The summed E-state index contributed by atoms with van der Waals surface area (Å²) in [4.78, 5) is 22.2. The molecule has 0 radical (unpaired) electrons. The molecule has 31 heavy (non-hydrogen) atoms. The minimum atomic E-state index is 0.305. The van der Waals surface area contributed by atoms with E-state index in [4.69, 9.17) is 27.3 Å². The van der Waals surface area contributed by atoms with Gasteiger partial charge in [-0.25, -0.2) is 15.0 Å². The topological polar surface area (TPSA) is 87.0 Å². The lowest BCUT2D eigenvalue weighted by molar-refractivity contribution is 0.412. The zero-order valence-electron chi connectivity index (χ0n) is 17.5. The van der Waals surface area contributed by atoms with E-state index in [0.717, 1.165) is 56.3 Å². The van der Waals surface area contributed by atoms with Crippen LogP contribution in [0.3, 0.4) is 0 Å². The van der Waals surface area contributed by atoms with Crippen LogP contribution in [-0.4, -0.2) is 52.2 Å². The number of piperidine rings is 1. The molecule has 7 nitrogen and oxygen atoms in total. The Hall–Kier alpha value is -2.42. The number of rotatable bonds is 3. The highest BCUT2D eigenvalue weighted by Gasteiger charge is 2.40. The predicted molar refractivity (Wildman–Crippen MR) is 128 cm³/mol. The van der Waals surface area contributed by atoms with Crippen molar-refractivity contribution in [3.63, 3.8) is 0 Å². The second kappa shape index (κ2) is 7.05. The molecule has 160 valence electrons. The average molecular weight is 454 g/mol. The summed E-state index contributed by atoms with van der Waals surface area (Å²) >= 11 is 8.43. The molecule has 1 aromatic carbocycles. The first kappa shape index (κ1) is 19.3. The monoisotopic (exact) mass is 453 g/mol. The van der Waals surface area contributed by atoms with E-state index in [-0.39, 0.29) is 0 Å². The number of benzene rings is 1. The first-order valence-corrected chi connectivity index (χ1v) is 11.8. The molecular formula is C22H24ClN7S. The number of nitrogens with zero attached hydrogens (tertiary/aromatic N) is 5. The third kappa shape index (κ3) is 3.00. The Balaban J connectivity index is 1.40. The van der Waals surface area contributed by atoms with E-state index in [2.05, 4.69) is 14.9 Å². The molecule has 2 aliphatic rings. The minimum Gasteiger partial charge on any atom is -0.354 e. The molecule has 0 unspecified atom stereocenters. The molecule has 9 heteroatoms. The van der Waals surface area contributed by atoms with Gasteiger partial charge in [0.2, 0.25) is 0 Å². The van der Waals surface area contributed by atoms with E-state index in [9.17, 15) is 0 Å². The van der Waals surface area contributed by atoms with E-state index in [0.29, 0.717) is 23.1 Å². The number of nitrogens with one attached hydrogen (secondary N) is 1. The van der Waals surface area contributed by atoms with Crippen molar-refractivity contribution in [3.05, 3.63) is 29.5 Å². The molecule has 6 rings (SSSR count). The maximum atomic E-state index is 6.83. The summed E-state index contributed by atoms with van der Waals surface area (Å²) in [6.07, 6.45) is 8.30. The van der Waals surface area contributed by atoms with Gasteiger partial charge < -0.3 is 20.5 Å². The smallest absolute Gasteiger partial charge is 0.185 e.